The lowest BCUT2D eigenvalue weighted by Gasteiger charge is -2.19. The highest BCUT2D eigenvalue weighted by Crippen LogP contribution is 2.32. The second kappa shape index (κ2) is 7.52. The highest BCUT2D eigenvalue weighted by atomic mass is 16.6. The molecule has 0 N–H and O–H groups in total. The number of carbonyl (C=O) groups excluding carboxylic acids is 1. The fourth-order valence-corrected chi connectivity index (χ4v) is 2.64. The summed E-state index contributed by atoms with van der Waals surface area (Å²) in [5.41, 5.74) is 0.892. The van der Waals surface area contributed by atoms with Gasteiger partial charge in [-0.25, -0.2) is 0 Å². The molecular formula is C16H23N3O4. The number of nitrogens with zero attached hydrogens (tertiary/aromatic N) is 3. The Kier molecular flexibility index (Phi) is 5.68. The summed E-state index contributed by atoms with van der Waals surface area (Å²) in [5.74, 6) is -0.175. The molecule has 1 aliphatic rings. The summed E-state index contributed by atoms with van der Waals surface area (Å²) in [6.45, 7) is 4.25. The molecule has 7 heteroatoms. The summed E-state index contributed by atoms with van der Waals surface area (Å²) in [6.07, 6.45) is 0.931. The average molecular weight is 321 g/mol. The lowest BCUT2D eigenvalue weighted by molar-refractivity contribution is -0.384. The van der Waals surface area contributed by atoms with Crippen LogP contribution in [0, 0.1) is 10.1 Å². The van der Waals surface area contributed by atoms with E-state index in [0.29, 0.717) is 30.9 Å². The molecule has 126 valence electrons. The predicted molar refractivity (Wildman–Crippen MR) is 88.2 cm³/mol. The van der Waals surface area contributed by atoms with Gasteiger partial charge in [-0.1, -0.05) is 0 Å². The number of carbonyl (C=O) groups is 1. The summed E-state index contributed by atoms with van der Waals surface area (Å²) in [4.78, 5) is 26.3. The number of ketones is 1. The number of ether oxygens (including phenoxy) is 1. The van der Waals surface area contributed by atoms with Crippen LogP contribution < -0.4 is 4.90 Å². The van der Waals surface area contributed by atoms with Gasteiger partial charge in [-0.2, -0.15) is 0 Å². The minimum absolute atomic E-state index is 0.0216. The molecule has 1 atom stereocenters. The van der Waals surface area contributed by atoms with Gasteiger partial charge in [0.1, 0.15) is 5.69 Å². The summed E-state index contributed by atoms with van der Waals surface area (Å²) >= 11 is 0. The van der Waals surface area contributed by atoms with Crippen LogP contribution in [0.1, 0.15) is 23.7 Å². The van der Waals surface area contributed by atoms with Crippen molar-refractivity contribution in [2.24, 2.45) is 0 Å². The number of benzene rings is 1. The van der Waals surface area contributed by atoms with Gasteiger partial charge in [0.15, 0.2) is 5.78 Å². The van der Waals surface area contributed by atoms with E-state index in [1.165, 1.54) is 13.0 Å². The van der Waals surface area contributed by atoms with Crippen molar-refractivity contribution in [2.75, 3.05) is 45.2 Å². The Labute approximate surface area is 136 Å². The van der Waals surface area contributed by atoms with Crippen LogP contribution in [0.5, 0.6) is 0 Å². The van der Waals surface area contributed by atoms with Crippen LogP contribution in [-0.2, 0) is 4.74 Å². The van der Waals surface area contributed by atoms with E-state index in [0.717, 1.165) is 13.0 Å². The second-order valence-corrected chi connectivity index (χ2v) is 6.05. The minimum Gasteiger partial charge on any atom is -0.375 e. The first kappa shape index (κ1) is 17.4. The fraction of sp³-hybridized carbons (Fsp3) is 0.562. The Morgan fingerprint density at radius 1 is 1.48 bits per heavy atom. The molecule has 2 rings (SSSR count). The van der Waals surface area contributed by atoms with Gasteiger partial charge in [-0.05, 0) is 39.6 Å². The Morgan fingerprint density at radius 2 is 2.22 bits per heavy atom. The Hall–Kier alpha value is -1.99. The summed E-state index contributed by atoms with van der Waals surface area (Å²) in [6, 6.07) is 4.67. The van der Waals surface area contributed by atoms with Gasteiger partial charge in [0.2, 0.25) is 0 Å². The van der Waals surface area contributed by atoms with Crippen LogP contribution in [0.2, 0.25) is 0 Å². The molecule has 0 spiro atoms. The largest absolute Gasteiger partial charge is 0.375 e. The monoisotopic (exact) mass is 321 g/mol. The minimum atomic E-state index is -0.429. The van der Waals surface area contributed by atoms with Crippen molar-refractivity contribution in [3.8, 4) is 0 Å². The molecule has 0 radical (unpaired) electrons. The fourth-order valence-electron chi connectivity index (χ4n) is 2.64. The number of nitro benzene ring substituents is 1. The lowest BCUT2D eigenvalue weighted by Crippen LogP contribution is -2.26. The number of hydrogen-bond donors (Lipinski definition) is 0. The van der Waals surface area contributed by atoms with E-state index >= 15 is 0 Å². The molecule has 0 saturated carbocycles. The smallest absolute Gasteiger partial charge is 0.293 e. The molecule has 0 aliphatic carbocycles. The highest BCUT2D eigenvalue weighted by Gasteiger charge is 2.28. The topological polar surface area (TPSA) is 75.9 Å². The highest BCUT2D eigenvalue weighted by molar-refractivity contribution is 5.95. The maximum absolute atomic E-state index is 11.4. The molecule has 23 heavy (non-hydrogen) atoms. The van der Waals surface area contributed by atoms with Crippen molar-refractivity contribution in [3.05, 3.63) is 33.9 Å². The van der Waals surface area contributed by atoms with E-state index in [1.54, 1.807) is 12.1 Å². The summed E-state index contributed by atoms with van der Waals surface area (Å²) in [7, 11) is 3.98. The quantitative estimate of drug-likeness (QED) is 0.434. The van der Waals surface area contributed by atoms with Crippen molar-refractivity contribution >= 4 is 17.2 Å². The number of Topliss-reactive ketones (excluding diaryl/α,β-unsaturated/α-hetero) is 1. The summed E-state index contributed by atoms with van der Waals surface area (Å²) < 4.78 is 5.82. The molecule has 1 heterocycles. The van der Waals surface area contributed by atoms with Crippen LogP contribution >= 0.6 is 0 Å². The first-order valence-corrected chi connectivity index (χ1v) is 7.69. The molecule has 1 aromatic rings. The Morgan fingerprint density at radius 3 is 2.83 bits per heavy atom. The molecule has 1 aromatic carbocycles. The third-order valence-electron chi connectivity index (χ3n) is 3.96. The van der Waals surface area contributed by atoms with Crippen molar-refractivity contribution in [1.29, 1.82) is 0 Å². The van der Waals surface area contributed by atoms with Gasteiger partial charge < -0.3 is 14.5 Å². The van der Waals surface area contributed by atoms with Crippen molar-refractivity contribution in [2.45, 2.75) is 19.4 Å². The van der Waals surface area contributed by atoms with Gasteiger partial charge >= 0.3 is 0 Å². The maximum atomic E-state index is 11.4. The van der Waals surface area contributed by atoms with E-state index < -0.39 is 4.92 Å². The van der Waals surface area contributed by atoms with E-state index in [1.807, 2.05) is 19.0 Å². The zero-order valence-electron chi connectivity index (χ0n) is 13.8. The third-order valence-corrected chi connectivity index (χ3v) is 3.96. The standard InChI is InChI=1S/C16H23N3O4/c1-12(20)13-4-5-15(16(10-13)19(21)22)18-7-6-14(11-18)23-9-8-17(2)3/h4-5,10,14H,6-9,11H2,1-3H3/t14-/m0/s1. The first-order valence-electron chi connectivity index (χ1n) is 7.69. The van der Waals surface area contributed by atoms with E-state index in [2.05, 4.69) is 4.90 Å². The number of hydrogen-bond acceptors (Lipinski definition) is 6. The third kappa shape index (κ3) is 4.49. The van der Waals surface area contributed by atoms with Gasteiger partial charge in [0.05, 0.1) is 17.6 Å². The van der Waals surface area contributed by atoms with Crippen LogP contribution in [0.4, 0.5) is 11.4 Å². The molecule has 0 aromatic heterocycles. The van der Waals surface area contributed by atoms with E-state index in [9.17, 15) is 14.9 Å². The van der Waals surface area contributed by atoms with E-state index in [4.69, 9.17) is 4.74 Å². The van der Waals surface area contributed by atoms with Crippen molar-refractivity contribution < 1.29 is 14.5 Å². The molecule has 1 fully saturated rings. The van der Waals surface area contributed by atoms with Crippen LogP contribution in [-0.4, -0.2) is 62.0 Å². The Bertz CT molecular complexity index is 589. The summed E-state index contributed by atoms with van der Waals surface area (Å²) in [5, 5.41) is 11.3. The van der Waals surface area contributed by atoms with Gasteiger partial charge in [-0.15, -0.1) is 0 Å². The molecule has 1 aliphatic heterocycles. The normalized spacial score (nSPS) is 17.7. The molecule has 0 amide bonds. The molecular weight excluding hydrogens is 298 g/mol. The van der Waals surface area contributed by atoms with Crippen LogP contribution in [0.25, 0.3) is 0 Å². The molecule has 0 unspecified atom stereocenters. The molecule has 0 bridgehead atoms. The maximum Gasteiger partial charge on any atom is 0.293 e. The predicted octanol–water partition coefficient (Wildman–Crippen LogP) is 1.95. The van der Waals surface area contributed by atoms with Crippen molar-refractivity contribution in [3.63, 3.8) is 0 Å². The van der Waals surface area contributed by atoms with Crippen molar-refractivity contribution in [1.82, 2.24) is 4.90 Å². The number of anilines is 1. The number of nitro groups is 1. The van der Waals surface area contributed by atoms with E-state index in [-0.39, 0.29) is 17.6 Å². The lowest BCUT2D eigenvalue weighted by atomic mass is 10.1. The Balaban J connectivity index is 2.07. The zero-order chi connectivity index (χ0) is 17.0. The number of likely N-dealkylation sites (N-methyl/N-ethyl adjacent to an activating group) is 1. The second-order valence-electron chi connectivity index (χ2n) is 6.05. The van der Waals surface area contributed by atoms with Gasteiger partial charge in [0, 0.05) is 31.3 Å². The SMILES string of the molecule is CC(=O)c1ccc(N2CC[C@H](OCCN(C)C)C2)c([N+](=O)[O-])c1. The molecule has 1 saturated heterocycles. The molecule has 7 nitrogen and oxygen atoms in total. The average Bonchev–Trinajstić information content (AvgIpc) is 2.94. The van der Waals surface area contributed by atoms with Crippen LogP contribution in [0.3, 0.4) is 0 Å². The van der Waals surface area contributed by atoms with Gasteiger partial charge in [-0.3, -0.25) is 14.9 Å². The van der Waals surface area contributed by atoms with Gasteiger partial charge in [0.25, 0.3) is 5.69 Å². The number of rotatable bonds is 7. The van der Waals surface area contributed by atoms with Crippen LogP contribution in [0.15, 0.2) is 18.2 Å². The first-order chi connectivity index (χ1) is 10.9. The zero-order valence-corrected chi connectivity index (χ0v) is 13.8.